The van der Waals surface area contributed by atoms with E-state index < -0.39 is 18.3 Å². The highest BCUT2D eigenvalue weighted by molar-refractivity contribution is 5.79. The lowest BCUT2D eigenvalue weighted by atomic mass is 9.87. The van der Waals surface area contributed by atoms with Crippen LogP contribution in [0.15, 0.2) is 30.6 Å². The monoisotopic (exact) mass is 452 g/mol. The van der Waals surface area contributed by atoms with Crippen molar-refractivity contribution in [3.8, 4) is 11.5 Å². The minimum Gasteiger partial charge on any atom is -0.486 e. The molecule has 1 saturated carbocycles. The Balaban J connectivity index is 1.41. The maximum Gasteiger partial charge on any atom is 0.406 e. The third kappa shape index (κ3) is 5.17. The number of rotatable bonds is 7. The Labute approximate surface area is 184 Å². The molecule has 1 aliphatic carbocycles. The molecule has 1 N–H and O–H groups in total. The molecule has 0 spiro atoms. The molecular formula is C22H27F3N4O3. The number of nitrogens with zero attached hydrogens (tertiary/aromatic N) is 3. The Hall–Kier alpha value is -2.75. The third-order valence-electron chi connectivity index (χ3n) is 5.91. The molecule has 2 aromatic rings. The number of hydrogen-bond acceptors (Lipinski definition) is 5. The minimum absolute atomic E-state index is 0.0468. The second kappa shape index (κ2) is 9.01. The van der Waals surface area contributed by atoms with Crippen LogP contribution in [0.25, 0.3) is 0 Å². The predicted molar refractivity (Wildman–Crippen MR) is 110 cm³/mol. The molecule has 1 aromatic carbocycles. The lowest BCUT2D eigenvalue weighted by Gasteiger charge is -2.33. The molecule has 2 heterocycles. The van der Waals surface area contributed by atoms with Gasteiger partial charge in [-0.1, -0.05) is 18.9 Å². The normalized spacial score (nSPS) is 17.5. The minimum atomic E-state index is -4.33. The van der Waals surface area contributed by atoms with Crippen molar-refractivity contribution in [3.63, 3.8) is 0 Å². The van der Waals surface area contributed by atoms with Crippen LogP contribution in [0.5, 0.6) is 11.5 Å². The summed E-state index contributed by atoms with van der Waals surface area (Å²) in [6, 6.07) is 5.79. The number of nitrogens with one attached hydrogen (secondary N) is 1. The molecule has 10 heteroatoms. The van der Waals surface area contributed by atoms with Crippen molar-refractivity contribution < 1.29 is 27.4 Å². The van der Waals surface area contributed by atoms with E-state index in [2.05, 4.69) is 10.3 Å². The van der Waals surface area contributed by atoms with Gasteiger partial charge in [-0.05, 0) is 37.6 Å². The van der Waals surface area contributed by atoms with E-state index >= 15 is 0 Å². The predicted octanol–water partition coefficient (Wildman–Crippen LogP) is 3.23. The first-order valence-corrected chi connectivity index (χ1v) is 10.7. The maximum atomic E-state index is 12.9. The number of amides is 1. The summed E-state index contributed by atoms with van der Waals surface area (Å²) in [4.78, 5) is 18.6. The molecule has 2 aliphatic rings. The fourth-order valence-electron chi connectivity index (χ4n) is 4.48. The first-order valence-electron chi connectivity index (χ1n) is 10.7. The number of hydrogen-bond donors (Lipinski definition) is 1. The van der Waals surface area contributed by atoms with Crippen LogP contribution in [0.2, 0.25) is 0 Å². The first kappa shape index (κ1) is 22.4. The number of aromatic nitrogens is 2. The standard InChI is InChI=1S/C22H27F3N4O3/c1-28(13-19-26-8-9-29(19)15-22(23,24)25)14-20(30)27-21(6-2-3-7-21)16-4-5-17-18(12-16)32-11-10-31-17/h4-5,8-9,12H,2-3,6-7,10-11,13-15H2,1H3,(H,27,30). The number of benzene rings is 1. The van der Waals surface area contributed by atoms with Gasteiger partial charge in [0.1, 0.15) is 25.6 Å². The van der Waals surface area contributed by atoms with E-state index in [1.165, 1.54) is 12.4 Å². The summed E-state index contributed by atoms with van der Waals surface area (Å²) in [5.74, 6) is 1.47. The van der Waals surface area contributed by atoms with Crippen molar-refractivity contribution in [2.45, 2.75) is 50.5 Å². The number of ether oxygens (including phenoxy) is 2. The molecule has 32 heavy (non-hydrogen) atoms. The van der Waals surface area contributed by atoms with Gasteiger partial charge < -0.3 is 19.4 Å². The number of alkyl halides is 3. The summed E-state index contributed by atoms with van der Waals surface area (Å²) in [5, 5.41) is 3.19. The second-order valence-corrected chi connectivity index (χ2v) is 8.45. The highest BCUT2D eigenvalue weighted by atomic mass is 19.4. The molecule has 0 unspecified atom stereocenters. The number of halogens is 3. The maximum absolute atomic E-state index is 12.9. The van der Waals surface area contributed by atoms with E-state index in [-0.39, 0.29) is 24.8 Å². The Morgan fingerprint density at radius 2 is 1.94 bits per heavy atom. The van der Waals surface area contributed by atoms with Gasteiger partial charge in [0.15, 0.2) is 11.5 Å². The molecule has 0 atom stereocenters. The Kier molecular flexibility index (Phi) is 6.32. The average Bonchev–Trinajstić information content (AvgIpc) is 3.36. The number of likely N-dealkylation sites (N-methyl/N-ethyl adjacent to an activating group) is 1. The van der Waals surface area contributed by atoms with Gasteiger partial charge in [-0.2, -0.15) is 13.2 Å². The fraction of sp³-hybridized carbons (Fsp3) is 0.545. The Morgan fingerprint density at radius 3 is 2.66 bits per heavy atom. The SMILES string of the molecule is CN(CC(=O)NC1(c2ccc3c(c2)OCCO3)CCCC1)Cc1nccn1CC(F)(F)F. The average molecular weight is 452 g/mol. The second-order valence-electron chi connectivity index (χ2n) is 8.45. The molecule has 1 amide bonds. The van der Waals surface area contributed by atoms with E-state index in [4.69, 9.17) is 9.47 Å². The van der Waals surface area contributed by atoms with Crippen molar-refractivity contribution in [1.29, 1.82) is 0 Å². The van der Waals surface area contributed by atoms with Crippen molar-refractivity contribution in [1.82, 2.24) is 19.8 Å². The van der Waals surface area contributed by atoms with Crippen molar-refractivity contribution >= 4 is 5.91 Å². The summed E-state index contributed by atoms with van der Waals surface area (Å²) in [7, 11) is 1.69. The molecule has 0 radical (unpaired) electrons. The van der Waals surface area contributed by atoms with Crippen molar-refractivity contribution in [2.24, 2.45) is 0 Å². The lowest BCUT2D eigenvalue weighted by molar-refractivity contribution is -0.141. The molecule has 1 aromatic heterocycles. The van der Waals surface area contributed by atoms with Crippen LogP contribution in [0, 0.1) is 0 Å². The Morgan fingerprint density at radius 1 is 1.22 bits per heavy atom. The number of carbonyl (C=O) groups excluding carboxylic acids is 1. The number of carbonyl (C=O) groups is 1. The zero-order chi connectivity index (χ0) is 22.8. The quantitative estimate of drug-likeness (QED) is 0.699. The van der Waals surface area contributed by atoms with E-state index in [9.17, 15) is 18.0 Å². The third-order valence-corrected chi connectivity index (χ3v) is 5.91. The van der Waals surface area contributed by atoms with Gasteiger partial charge >= 0.3 is 6.18 Å². The van der Waals surface area contributed by atoms with Crippen LogP contribution < -0.4 is 14.8 Å². The van der Waals surface area contributed by atoms with Gasteiger partial charge in [-0.15, -0.1) is 0 Å². The van der Waals surface area contributed by atoms with E-state index in [1.54, 1.807) is 11.9 Å². The van der Waals surface area contributed by atoms with Crippen molar-refractivity contribution in [3.05, 3.63) is 42.0 Å². The fourth-order valence-corrected chi connectivity index (χ4v) is 4.48. The zero-order valence-electron chi connectivity index (χ0n) is 18.0. The van der Waals surface area contributed by atoms with Crippen LogP contribution in [0.4, 0.5) is 13.2 Å². The lowest BCUT2D eigenvalue weighted by Crippen LogP contribution is -2.47. The summed E-state index contributed by atoms with van der Waals surface area (Å²) in [6.45, 7) is 0.0841. The summed E-state index contributed by atoms with van der Waals surface area (Å²) in [6.07, 6.45) is 1.94. The van der Waals surface area contributed by atoms with Gasteiger partial charge in [0.05, 0.1) is 18.6 Å². The smallest absolute Gasteiger partial charge is 0.406 e. The molecule has 7 nitrogen and oxygen atoms in total. The van der Waals surface area contributed by atoms with Gasteiger partial charge in [0, 0.05) is 12.4 Å². The van der Waals surface area contributed by atoms with Crippen LogP contribution in [-0.4, -0.2) is 53.3 Å². The highest BCUT2D eigenvalue weighted by Gasteiger charge is 2.38. The first-order chi connectivity index (χ1) is 15.2. The molecule has 1 fully saturated rings. The summed E-state index contributed by atoms with van der Waals surface area (Å²) >= 11 is 0. The van der Waals surface area contributed by atoms with Crippen LogP contribution >= 0.6 is 0 Å². The topological polar surface area (TPSA) is 68.6 Å². The van der Waals surface area contributed by atoms with E-state index in [0.717, 1.165) is 35.8 Å². The molecule has 1 aliphatic heterocycles. The molecule has 174 valence electrons. The summed E-state index contributed by atoms with van der Waals surface area (Å²) < 4.78 is 50.6. The molecule has 0 saturated heterocycles. The Bertz CT molecular complexity index is 954. The largest absolute Gasteiger partial charge is 0.486 e. The van der Waals surface area contributed by atoms with Crippen molar-refractivity contribution in [2.75, 3.05) is 26.8 Å². The molecule has 0 bridgehead atoms. The number of fused-ring (bicyclic) bond motifs is 1. The number of imidazole rings is 1. The van der Waals surface area contributed by atoms with Gasteiger partial charge in [-0.3, -0.25) is 9.69 Å². The van der Waals surface area contributed by atoms with E-state index in [0.29, 0.717) is 24.7 Å². The van der Waals surface area contributed by atoms with Gasteiger partial charge in [0.25, 0.3) is 0 Å². The van der Waals surface area contributed by atoms with E-state index in [1.807, 2.05) is 18.2 Å². The van der Waals surface area contributed by atoms with Crippen LogP contribution in [0.3, 0.4) is 0 Å². The molecule has 4 rings (SSSR count). The van der Waals surface area contributed by atoms with Crippen LogP contribution in [0.1, 0.15) is 37.1 Å². The van der Waals surface area contributed by atoms with Gasteiger partial charge in [-0.25, -0.2) is 4.98 Å². The highest BCUT2D eigenvalue weighted by Crippen LogP contribution is 2.42. The zero-order valence-corrected chi connectivity index (χ0v) is 18.0. The molecular weight excluding hydrogens is 425 g/mol. The van der Waals surface area contributed by atoms with Gasteiger partial charge in [0.2, 0.25) is 5.91 Å². The summed E-state index contributed by atoms with van der Waals surface area (Å²) in [5.41, 5.74) is 0.499. The van der Waals surface area contributed by atoms with Crippen LogP contribution in [-0.2, 0) is 23.4 Å².